The van der Waals surface area contributed by atoms with Crippen LogP contribution >= 0.6 is 23.2 Å². The van der Waals surface area contributed by atoms with Crippen LogP contribution in [0.4, 0.5) is 11.5 Å². The molecular weight excluding hydrogens is 657 g/mol. The van der Waals surface area contributed by atoms with Crippen molar-refractivity contribution in [2.45, 2.75) is 31.8 Å². The Kier molecular flexibility index (Phi) is 7.89. The van der Waals surface area contributed by atoms with Crippen LogP contribution in [0.3, 0.4) is 0 Å². The number of anilines is 2. The quantitative estimate of drug-likeness (QED) is 0.184. The predicted molar refractivity (Wildman–Crippen MR) is 195 cm³/mol. The molecule has 1 atom stereocenters. The van der Waals surface area contributed by atoms with E-state index >= 15 is 0 Å². The van der Waals surface area contributed by atoms with Gasteiger partial charge in [0.05, 0.1) is 29.4 Å². The van der Waals surface area contributed by atoms with Crippen LogP contribution in [0.1, 0.15) is 47.4 Å². The summed E-state index contributed by atoms with van der Waals surface area (Å²) in [5.74, 6) is 0.462. The summed E-state index contributed by atoms with van der Waals surface area (Å²) in [4.78, 5) is 43.5. The van der Waals surface area contributed by atoms with Crippen LogP contribution in [0.5, 0.6) is 0 Å². The van der Waals surface area contributed by atoms with E-state index in [-0.39, 0.29) is 23.9 Å². The third kappa shape index (κ3) is 5.43. The van der Waals surface area contributed by atoms with E-state index in [4.69, 9.17) is 28.2 Å². The zero-order chi connectivity index (χ0) is 33.8. The van der Waals surface area contributed by atoms with E-state index in [0.717, 1.165) is 57.4 Å². The van der Waals surface area contributed by atoms with Gasteiger partial charge in [-0.15, -0.1) is 0 Å². The van der Waals surface area contributed by atoms with Gasteiger partial charge in [-0.1, -0.05) is 65.7 Å². The first kappa shape index (κ1) is 31.2. The smallest absolute Gasteiger partial charge is 0.272 e. The average molecular weight is 691 g/mol. The number of halogens is 2. The predicted octanol–water partition coefficient (Wildman–Crippen LogP) is 8.05. The van der Waals surface area contributed by atoms with Crippen LogP contribution in [0, 0.1) is 0 Å². The number of nitrogens with zero attached hydrogens (tertiary/aromatic N) is 5. The van der Waals surface area contributed by atoms with E-state index in [1.165, 1.54) is 0 Å². The molecule has 49 heavy (non-hydrogen) atoms. The lowest BCUT2D eigenvalue weighted by atomic mass is 9.88. The number of imidazole rings is 1. The van der Waals surface area contributed by atoms with Gasteiger partial charge in [0, 0.05) is 71.4 Å². The van der Waals surface area contributed by atoms with Crippen molar-refractivity contribution in [3.8, 4) is 22.5 Å². The van der Waals surface area contributed by atoms with Crippen LogP contribution in [0.25, 0.3) is 33.4 Å². The Bertz CT molecular complexity index is 2220. The molecular formula is C38H33Cl2N7O2. The minimum absolute atomic E-state index is 0.0623. The van der Waals surface area contributed by atoms with Crippen molar-refractivity contribution in [1.29, 1.82) is 0 Å². The van der Waals surface area contributed by atoms with Crippen molar-refractivity contribution in [1.82, 2.24) is 24.4 Å². The molecule has 0 bridgehead atoms. The molecule has 0 aliphatic carbocycles. The first-order chi connectivity index (χ1) is 23.8. The molecule has 2 aliphatic heterocycles. The summed E-state index contributed by atoms with van der Waals surface area (Å²) in [6.07, 6.45) is 5.21. The van der Waals surface area contributed by atoms with Gasteiger partial charge < -0.3 is 24.7 Å². The highest BCUT2D eigenvalue weighted by atomic mass is 35.5. The number of piperidine rings is 1. The maximum atomic E-state index is 14.5. The summed E-state index contributed by atoms with van der Waals surface area (Å²) in [5, 5.41) is 5.31. The minimum atomic E-state index is -0.301. The second kappa shape index (κ2) is 12.4. The number of benzene rings is 3. The van der Waals surface area contributed by atoms with Crippen LogP contribution < -0.4 is 10.2 Å². The third-order valence-electron chi connectivity index (χ3n) is 9.80. The summed E-state index contributed by atoms with van der Waals surface area (Å²) < 4.78 is 2.13. The number of nitrogens with one attached hydrogen (secondary N) is 2. The van der Waals surface area contributed by atoms with E-state index < -0.39 is 0 Å². The normalized spacial score (nSPS) is 15.7. The van der Waals surface area contributed by atoms with Crippen molar-refractivity contribution >= 4 is 57.4 Å². The highest BCUT2D eigenvalue weighted by Crippen LogP contribution is 2.50. The molecule has 8 rings (SSSR count). The molecule has 6 aromatic rings. The van der Waals surface area contributed by atoms with E-state index in [9.17, 15) is 9.59 Å². The second-order valence-corrected chi connectivity index (χ2v) is 13.5. The van der Waals surface area contributed by atoms with Crippen molar-refractivity contribution in [2.75, 3.05) is 30.4 Å². The van der Waals surface area contributed by atoms with Crippen LogP contribution in [0.2, 0.25) is 10.0 Å². The van der Waals surface area contributed by atoms with Gasteiger partial charge >= 0.3 is 0 Å². The number of hydrogen-bond donors (Lipinski definition) is 2. The summed E-state index contributed by atoms with van der Waals surface area (Å²) in [7, 11) is 1.85. The Labute approximate surface area is 293 Å². The van der Waals surface area contributed by atoms with Crippen LogP contribution in [-0.4, -0.2) is 62.4 Å². The molecule has 1 fully saturated rings. The first-order valence-corrected chi connectivity index (χ1v) is 17.0. The Hall–Kier alpha value is -5.12. The lowest BCUT2D eigenvalue weighted by Gasteiger charge is -2.37. The Morgan fingerprint density at radius 2 is 1.69 bits per heavy atom. The molecule has 3 aromatic heterocycles. The van der Waals surface area contributed by atoms with Gasteiger partial charge in [0.1, 0.15) is 5.69 Å². The van der Waals surface area contributed by atoms with E-state index in [2.05, 4.69) is 24.8 Å². The molecule has 5 heterocycles. The highest BCUT2D eigenvalue weighted by Gasteiger charge is 2.36. The van der Waals surface area contributed by atoms with Gasteiger partial charge in [0.2, 0.25) is 5.91 Å². The Morgan fingerprint density at radius 3 is 2.43 bits per heavy atom. The fraction of sp³-hybridized carbons (Fsp3) is 0.211. The van der Waals surface area contributed by atoms with Crippen molar-refractivity contribution in [3.63, 3.8) is 0 Å². The molecule has 0 radical (unpaired) electrons. The molecule has 2 N–H and O–H groups in total. The summed E-state index contributed by atoms with van der Waals surface area (Å²) >= 11 is 13.1. The Morgan fingerprint density at radius 1 is 0.939 bits per heavy atom. The average Bonchev–Trinajstić information content (AvgIpc) is 3.72. The zero-order valence-corrected chi connectivity index (χ0v) is 28.5. The molecule has 0 spiro atoms. The van der Waals surface area contributed by atoms with Gasteiger partial charge in [0.25, 0.3) is 5.91 Å². The number of hydrogen-bond acceptors (Lipinski definition) is 5. The molecule has 3 aromatic carbocycles. The summed E-state index contributed by atoms with van der Waals surface area (Å²) in [6, 6.07) is 25.3. The van der Waals surface area contributed by atoms with E-state index in [0.29, 0.717) is 40.3 Å². The lowest BCUT2D eigenvalue weighted by molar-refractivity contribution is -0.129. The van der Waals surface area contributed by atoms with E-state index in [1.807, 2.05) is 97.1 Å². The number of rotatable bonds is 6. The van der Waals surface area contributed by atoms with Crippen LogP contribution in [-0.2, 0) is 4.79 Å². The van der Waals surface area contributed by atoms with Gasteiger partial charge in [-0.3, -0.25) is 9.59 Å². The number of aromatic nitrogens is 4. The monoisotopic (exact) mass is 689 g/mol. The number of carbonyl (C=O) groups is 2. The molecule has 9 nitrogen and oxygen atoms in total. The SMILES string of the molecule is CC(=O)N(C)C1CCN(c2ncccc2NC(=O)c2[nH]c3cc(Cl)cc4c3c2-c2c(-c3ccccc3)ncn2C4c2ccc(Cl)cc2)CC1. The van der Waals surface area contributed by atoms with Gasteiger partial charge in [-0.05, 0) is 60.4 Å². The number of pyridine rings is 1. The molecule has 2 amide bonds. The van der Waals surface area contributed by atoms with Gasteiger partial charge in [-0.25, -0.2) is 9.97 Å². The minimum Gasteiger partial charge on any atom is -0.355 e. The molecule has 1 saturated heterocycles. The molecule has 0 saturated carbocycles. The third-order valence-corrected chi connectivity index (χ3v) is 10.3. The van der Waals surface area contributed by atoms with Crippen LogP contribution in [0.15, 0.2) is 91.4 Å². The number of amides is 2. The molecule has 1 unspecified atom stereocenters. The van der Waals surface area contributed by atoms with Gasteiger partial charge in [0.15, 0.2) is 5.82 Å². The van der Waals surface area contributed by atoms with Crippen molar-refractivity contribution in [3.05, 3.63) is 118 Å². The zero-order valence-electron chi connectivity index (χ0n) is 27.0. The maximum absolute atomic E-state index is 14.5. The second-order valence-electron chi connectivity index (χ2n) is 12.6. The van der Waals surface area contributed by atoms with Gasteiger partial charge in [-0.2, -0.15) is 0 Å². The lowest BCUT2D eigenvalue weighted by Crippen LogP contribution is -2.45. The number of H-pyrrole nitrogens is 1. The standard InChI is InChI=1S/C38H33Cl2N7O2/c1-22(48)45(2)27-14-17-46(18-15-27)37-29(9-6-16-41-37)44-38(49)34-32-31-28(19-26(40)20-30(31)43-34)35(24-10-12-25(39)13-11-24)47-21-42-33(36(32)47)23-7-4-3-5-8-23/h3-13,16,19-21,27,35,43H,14-15,17-18H2,1-2H3,(H,44,49). The highest BCUT2D eigenvalue weighted by molar-refractivity contribution is 6.32. The largest absolute Gasteiger partial charge is 0.355 e. The molecule has 2 aliphatic rings. The number of fused-ring (bicyclic) bond motifs is 2. The fourth-order valence-electron chi connectivity index (χ4n) is 7.35. The number of carbonyl (C=O) groups excluding carboxylic acids is 2. The first-order valence-electron chi connectivity index (χ1n) is 16.3. The van der Waals surface area contributed by atoms with Crippen molar-refractivity contribution in [2.24, 2.45) is 0 Å². The maximum Gasteiger partial charge on any atom is 0.272 e. The van der Waals surface area contributed by atoms with E-state index in [1.54, 1.807) is 13.1 Å². The summed E-state index contributed by atoms with van der Waals surface area (Å²) in [6.45, 7) is 3.03. The molecule has 11 heteroatoms. The number of aromatic amines is 1. The summed E-state index contributed by atoms with van der Waals surface area (Å²) in [5.41, 5.74) is 7.07. The van der Waals surface area contributed by atoms with Crippen molar-refractivity contribution < 1.29 is 9.59 Å². The topological polar surface area (TPSA) is 99.2 Å². The Balaban J connectivity index is 1.23. The molecule has 246 valence electrons. The fourth-order valence-corrected chi connectivity index (χ4v) is 7.70.